The Morgan fingerprint density at radius 3 is 2.08 bits per heavy atom. The minimum absolute atomic E-state index is 0. The van der Waals surface area contributed by atoms with Crippen LogP contribution in [0, 0.1) is 12.7 Å². The number of urea groups is 1. The minimum Gasteiger partial charge on any atom is -0.321 e. The number of aryl methyl sites for hydroxylation is 1. The van der Waals surface area contributed by atoms with Gasteiger partial charge in [0.2, 0.25) is 0 Å². The maximum atomic E-state index is 13.8. The number of carbonyl (C=O) groups is 1. The first-order chi connectivity index (χ1) is 17.6. The third-order valence-corrected chi connectivity index (χ3v) is 7.46. The predicted molar refractivity (Wildman–Crippen MR) is 135 cm³/mol. The second-order valence-electron chi connectivity index (χ2n) is 10.3. The highest BCUT2D eigenvalue weighted by atomic mass is 35.5. The number of likely N-dealkylation sites (tertiary alicyclic amines) is 1. The van der Waals surface area contributed by atoms with E-state index in [0.717, 1.165) is 23.3 Å². The zero-order chi connectivity index (χ0) is 28.0. The van der Waals surface area contributed by atoms with Gasteiger partial charge in [0.25, 0.3) is 0 Å². The fourth-order valence-electron chi connectivity index (χ4n) is 5.05. The molecule has 3 atom stereocenters. The van der Waals surface area contributed by atoms with Crippen molar-refractivity contribution in [1.82, 2.24) is 15.1 Å². The highest BCUT2D eigenvalue weighted by Crippen LogP contribution is 2.40. The predicted octanol–water partition coefficient (Wildman–Crippen LogP) is 7.66. The summed E-state index contributed by atoms with van der Waals surface area (Å²) in [6.45, 7) is 3.47. The lowest BCUT2D eigenvalue weighted by atomic mass is 9.89. The largest absolute Gasteiger partial charge is 0.416 e. The number of rotatable bonds is 5. The van der Waals surface area contributed by atoms with Gasteiger partial charge in [0.1, 0.15) is 5.82 Å². The zero-order valence-electron chi connectivity index (χ0n) is 21.7. The maximum Gasteiger partial charge on any atom is 0.416 e. The van der Waals surface area contributed by atoms with Crippen LogP contribution in [0.1, 0.15) is 72.5 Å². The molecule has 0 spiro atoms. The molecule has 12 heteroatoms. The van der Waals surface area contributed by atoms with Crippen molar-refractivity contribution in [2.24, 2.45) is 0 Å². The van der Waals surface area contributed by atoms with Crippen LogP contribution in [-0.2, 0) is 12.4 Å². The summed E-state index contributed by atoms with van der Waals surface area (Å²) in [5, 5.41) is 3.56. The van der Waals surface area contributed by atoms with Gasteiger partial charge in [-0.2, -0.15) is 26.3 Å². The molecule has 1 saturated heterocycles. The Hall–Kier alpha value is -2.53. The molecule has 1 aliphatic carbocycles. The van der Waals surface area contributed by atoms with Crippen LogP contribution in [0.3, 0.4) is 0 Å². The van der Waals surface area contributed by atoms with Crippen LogP contribution in [-0.4, -0.2) is 41.5 Å². The number of alkyl halides is 6. The number of amides is 2. The third-order valence-electron chi connectivity index (χ3n) is 7.46. The van der Waals surface area contributed by atoms with Crippen molar-refractivity contribution in [3.05, 3.63) is 70.0 Å². The standard InChI is InChI=1S/C27H30F7N3O.ClH/c1-15-10-20(28)4-7-23(15)24-14-22(35-21-5-6-21)8-9-37(24)25(38)36(3)16(2)17-11-18(26(29,30)31)13-19(12-17)27(32,33)34;/h4,7,10-13,16,21-22,24,35H,5-6,8-9,14H2,1-3H3;1H/t16-,22-,24-;/m1./s1. The molecule has 0 bridgehead atoms. The minimum atomic E-state index is -4.99. The third kappa shape index (κ3) is 7.16. The summed E-state index contributed by atoms with van der Waals surface area (Å²) < 4.78 is 94.2. The fourth-order valence-corrected chi connectivity index (χ4v) is 5.05. The van der Waals surface area contributed by atoms with Crippen LogP contribution in [0.5, 0.6) is 0 Å². The van der Waals surface area contributed by atoms with Gasteiger partial charge in [-0.15, -0.1) is 12.4 Å². The van der Waals surface area contributed by atoms with Crippen molar-refractivity contribution in [3.63, 3.8) is 0 Å². The van der Waals surface area contributed by atoms with Crippen molar-refractivity contribution in [3.8, 4) is 0 Å². The molecule has 1 saturated carbocycles. The van der Waals surface area contributed by atoms with Crippen LogP contribution in [0.15, 0.2) is 36.4 Å². The quantitative estimate of drug-likeness (QED) is 0.368. The summed E-state index contributed by atoms with van der Waals surface area (Å²) in [5.41, 5.74) is -1.73. The highest BCUT2D eigenvalue weighted by molar-refractivity contribution is 5.85. The van der Waals surface area contributed by atoms with Crippen LogP contribution < -0.4 is 5.32 Å². The lowest BCUT2D eigenvalue weighted by Crippen LogP contribution is -2.51. The zero-order valence-corrected chi connectivity index (χ0v) is 22.5. The topological polar surface area (TPSA) is 35.6 Å². The average Bonchev–Trinajstić information content (AvgIpc) is 3.65. The Morgan fingerprint density at radius 2 is 1.56 bits per heavy atom. The van der Waals surface area contributed by atoms with E-state index in [2.05, 4.69) is 5.32 Å². The number of benzene rings is 2. The Labute approximate surface area is 228 Å². The summed E-state index contributed by atoms with van der Waals surface area (Å²) in [5.74, 6) is -0.414. The molecule has 2 amide bonds. The van der Waals surface area contributed by atoms with Gasteiger partial charge in [0, 0.05) is 25.7 Å². The van der Waals surface area contributed by atoms with Gasteiger partial charge < -0.3 is 15.1 Å². The summed E-state index contributed by atoms with van der Waals surface area (Å²) in [6.07, 6.45) is -6.62. The number of nitrogens with one attached hydrogen (secondary N) is 1. The molecular formula is C27H31ClF7N3O. The van der Waals surface area contributed by atoms with Gasteiger partial charge in [0.05, 0.1) is 23.2 Å². The molecule has 0 radical (unpaired) electrons. The lowest BCUT2D eigenvalue weighted by Gasteiger charge is -2.43. The van der Waals surface area contributed by atoms with Gasteiger partial charge >= 0.3 is 18.4 Å². The number of piperidine rings is 1. The number of hydrogen-bond acceptors (Lipinski definition) is 2. The van der Waals surface area contributed by atoms with E-state index in [1.165, 1.54) is 26.1 Å². The molecule has 1 aliphatic heterocycles. The molecule has 0 unspecified atom stereocenters. The maximum absolute atomic E-state index is 13.8. The number of halogens is 8. The van der Waals surface area contributed by atoms with Gasteiger partial charge in [-0.3, -0.25) is 0 Å². The van der Waals surface area contributed by atoms with Crippen molar-refractivity contribution in [2.75, 3.05) is 13.6 Å². The number of hydrogen-bond donors (Lipinski definition) is 1. The summed E-state index contributed by atoms with van der Waals surface area (Å²) >= 11 is 0. The van der Waals surface area contributed by atoms with E-state index in [0.29, 0.717) is 43.1 Å². The number of carbonyl (C=O) groups excluding carboxylic acids is 1. The van der Waals surface area contributed by atoms with Crippen molar-refractivity contribution in [2.45, 2.75) is 76.1 Å². The molecular weight excluding hydrogens is 551 g/mol. The highest BCUT2D eigenvalue weighted by Gasteiger charge is 2.40. The van der Waals surface area contributed by atoms with Gasteiger partial charge in [-0.25, -0.2) is 9.18 Å². The molecule has 2 fully saturated rings. The monoisotopic (exact) mass is 581 g/mol. The van der Waals surface area contributed by atoms with Crippen LogP contribution in [0.4, 0.5) is 35.5 Å². The van der Waals surface area contributed by atoms with E-state index in [9.17, 15) is 35.5 Å². The number of nitrogens with zero attached hydrogens (tertiary/aromatic N) is 2. The molecule has 1 heterocycles. The Kier molecular flexibility index (Phi) is 9.16. The normalized spacial score (nSPS) is 20.8. The molecule has 1 N–H and O–H groups in total. The van der Waals surface area contributed by atoms with E-state index in [-0.39, 0.29) is 30.1 Å². The van der Waals surface area contributed by atoms with Crippen LogP contribution in [0.25, 0.3) is 0 Å². The van der Waals surface area contributed by atoms with E-state index in [4.69, 9.17) is 0 Å². The Bertz CT molecular complexity index is 1150. The summed E-state index contributed by atoms with van der Waals surface area (Å²) in [6, 6.07) is 4.21. The molecule has 2 aromatic carbocycles. The SMILES string of the molecule is Cc1cc(F)ccc1[C@H]1C[C@H](NC2CC2)CCN1C(=O)N(C)[C@H](C)c1cc(C(F)(F)F)cc(C(F)(F)F)c1.Cl. The Balaban J connectivity index is 0.00000420. The summed E-state index contributed by atoms with van der Waals surface area (Å²) in [4.78, 5) is 16.4. The lowest BCUT2D eigenvalue weighted by molar-refractivity contribution is -0.143. The van der Waals surface area contributed by atoms with Gasteiger partial charge in [-0.1, -0.05) is 6.07 Å². The summed E-state index contributed by atoms with van der Waals surface area (Å²) in [7, 11) is 1.36. The van der Waals surface area contributed by atoms with Crippen LogP contribution >= 0.6 is 12.4 Å². The average molecular weight is 582 g/mol. The smallest absolute Gasteiger partial charge is 0.321 e. The molecule has 4 rings (SSSR count). The van der Waals surface area contributed by atoms with Gasteiger partial charge in [0.15, 0.2) is 0 Å². The van der Waals surface area contributed by atoms with E-state index in [1.807, 2.05) is 0 Å². The van der Waals surface area contributed by atoms with E-state index in [1.54, 1.807) is 17.9 Å². The van der Waals surface area contributed by atoms with Crippen molar-refractivity contribution in [1.29, 1.82) is 0 Å². The fraction of sp³-hybridized carbons (Fsp3) is 0.519. The van der Waals surface area contributed by atoms with Crippen molar-refractivity contribution < 1.29 is 35.5 Å². The van der Waals surface area contributed by atoms with E-state index < -0.39 is 47.4 Å². The second kappa shape index (κ2) is 11.5. The molecule has 4 nitrogen and oxygen atoms in total. The second-order valence-corrected chi connectivity index (χ2v) is 10.3. The van der Waals surface area contributed by atoms with Crippen molar-refractivity contribution >= 4 is 18.4 Å². The first-order valence-corrected chi connectivity index (χ1v) is 12.5. The van der Waals surface area contributed by atoms with Crippen LogP contribution in [0.2, 0.25) is 0 Å². The molecule has 2 aromatic rings. The molecule has 216 valence electrons. The first kappa shape index (κ1) is 31.0. The first-order valence-electron chi connectivity index (χ1n) is 12.5. The molecule has 2 aliphatic rings. The van der Waals surface area contributed by atoms with Gasteiger partial charge in [-0.05, 0) is 86.6 Å². The van der Waals surface area contributed by atoms with E-state index >= 15 is 0 Å². The Morgan fingerprint density at radius 1 is 0.974 bits per heavy atom. The molecule has 0 aromatic heterocycles. The molecule has 39 heavy (non-hydrogen) atoms.